The van der Waals surface area contributed by atoms with E-state index in [0.717, 1.165) is 19.3 Å². The molecule has 0 fully saturated rings. The fraction of sp³-hybridized carbons (Fsp3) is 1.00. The van der Waals surface area contributed by atoms with Gasteiger partial charge in [-0.05, 0) is 12.8 Å². The summed E-state index contributed by atoms with van der Waals surface area (Å²) in [5.74, 6) is 0. The summed E-state index contributed by atoms with van der Waals surface area (Å²) in [6.45, 7) is 0.366. The molecule has 0 unspecified atom stereocenters. The third kappa shape index (κ3) is 42.1. The van der Waals surface area contributed by atoms with Crippen molar-refractivity contribution in [3.05, 3.63) is 0 Å². The molecule has 0 aliphatic heterocycles. The number of hydrogen-bond donors (Lipinski definition) is 3. The van der Waals surface area contributed by atoms with Crippen LogP contribution in [-0.2, 0) is 4.57 Å². The van der Waals surface area contributed by atoms with E-state index in [2.05, 4.69) is 0 Å². The van der Waals surface area contributed by atoms with Crippen molar-refractivity contribution in [2.45, 2.75) is 231 Å². The maximum Gasteiger partial charge on any atom is 0.325 e. The molecule has 0 saturated heterocycles. The van der Waals surface area contributed by atoms with E-state index in [4.69, 9.17) is 14.9 Å². The van der Waals surface area contributed by atoms with E-state index in [9.17, 15) is 4.57 Å². The van der Waals surface area contributed by atoms with Crippen LogP contribution in [0.1, 0.15) is 231 Å². The lowest BCUT2D eigenvalue weighted by atomic mass is 10.0. The molecule has 0 rings (SSSR count). The van der Waals surface area contributed by atoms with Crippen molar-refractivity contribution in [3.8, 4) is 0 Å². The second kappa shape index (κ2) is 36.6. The summed E-state index contributed by atoms with van der Waals surface area (Å²) in [6.07, 6.45) is 48.9. The Labute approximate surface area is 270 Å². The summed E-state index contributed by atoms with van der Waals surface area (Å²) in [6, 6.07) is 0. The lowest BCUT2D eigenvalue weighted by Crippen LogP contribution is -1.88. The number of unbranched alkanes of at least 4 members (excludes halogenated alkanes) is 35. The first-order chi connectivity index (χ1) is 21.1. The van der Waals surface area contributed by atoms with E-state index in [1.165, 1.54) is 205 Å². The van der Waals surface area contributed by atoms with Crippen LogP contribution in [0.25, 0.3) is 0 Å². The van der Waals surface area contributed by atoms with Crippen LogP contribution in [0.2, 0.25) is 0 Å². The first kappa shape index (κ1) is 43.1. The minimum absolute atomic E-state index is 0.0595. The van der Waals surface area contributed by atoms with Crippen LogP contribution in [0.3, 0.4) is 0 Å². The van der Waals surface area contributed by atoms with Gasteiger partial charge in [0.15, 0.2) is 0 Å². The standard InChI is InChI=1S/C38H79O4P/c39-37-35-33-31-29-27-25-23-21-19-17-15-13-11-9-7-5-3-1-2-4-6-8-10-12-14-16-18-20-22-24-26-28-30-32-34-36-38-43(40,41)42/h39H,1-38H2,(H2,40,41,42). The Bertz CT molecular complexity index is 550. The van der Waals surface area contributed by atoms with Crippen molar-refractivity contribution in [1.82, 2.24) is 0 Å². The average Bonchev–Trinajstić information content (AvgIpc) is 2.98. The summed E-state index contributed by atoms with van der Waals surface area (Å²) in [5, 5.41) is 8.79. The molecule has 0 aliphatic rings. The van der Waals surface area contributed by atoms with Crippen molar-refractivity contribution in [3.63, 3.8) is 0 Å². The van der Waals surface area contributed by atoms with Gasteiger partial charge in [0, 0.05) is 12.8 Å². The smallest absolute Gasteiger partial charge is 0.325 e. The summed E-state index contributed by atoms with van der Waals surface area (Å²) < 4.78 is 10.8. The highest BCUT2D eigenvalue weighted by atomic mass is 31.2. The van der Waals surface area contributed by atoms with Crippen LogP contribution in [0.4, 0.5) is 0 Å². The number of aliphatic hydroxyl groups excluding tert-OH is 1. The monoisotopic (exact) mass is 631 g/mol. The molecular formula is C38H79O4P. The first-order valence-corrected chi connectivity index (χ1v) is 21.5. The zero-order chi connectivity index (χ0) is 31.4. The van der Waals surface area contributed by atoms with E-state index >= 15 is 0 Å². The molecule has 0 heterocycles. The van der Waals surface area contributed by atoms with Gasteiger partial charge in [-0.1, -0.05) is 218 Å². The fourth-order valence-corrected chi connectivity index (χ4v) is 7.08. The van der Waals surface area contributed by atoms with E-state index in [-0.39, 0.29) is 6.16 Å². The summed E-state index contributed by atoms with van der Waals surface area (Å²) in [4.78, 5) is 17.7. The van der Waals surface area contributed by atoms with Crippen LogP contribution in [-0.4, -0.2) is 27.7 Å². The van der Waals surface area contributed by atoms with Crippen molar-refractivity contribution in [2.24, 2.45) is 0 Å². The van der Waals surface area contributed by atoms with E-state index in [1.54, 1.807) is 0 Å². The molecular weight excluding hydrogens is 551 g/mol. The molecule has 0 aromatic carbocycles. The van der Waals surface area contributed by atoms with E-state index in [1.807, 2.05) is 0 Å². The normalized spacial score (nSPS) is 12.0. The molecule has 0 aliphatic carbocycles. The van der Waals surface area contributed by atoms with Crippen LogP contribution in [0, 0.1) is 0 Å². The van der Waals surface area contributed by atoms with Crippen molar-refractivity contribution in [1.29, 1.82) is 0 Å². The largest absolute Gasteiger partial charge is 0.396 e. The Kier molecular flexibility index (Phi) is 36.7. The Hall–Kier alpha value is 0.110. The lowest BCUT2D eigenvalue weighted by Gasteiger charge is -2.05. The molecule has 43 heavy (non-hydrogen) atoms. The Morgan fingerprint density at radius 2 is 0.395 bits per heavy atom. The molecule has 260 valence electrons. The van der Waals surface area contributed by atoms with Crippen LogP contribution in [0.5, 0.6) is 0 Å². The molecule has 0 bridgehead atoms. The third-order valence-corrected chi connectivity index (χ3v) is 10.3. The second-order valence-corrected chi connectivity index (χ2v) is 15.6. The molecule has 0 atom stereocenters. The van der Waals surface area contributed by atoms with Gasteiger partial charge in [-0.2, -0.15) is 0 Å². The van der Waals surface area contributed by atoms with Gasteiger partial charge in [-0.15, -0.1) is 0 Å². The fourth-order valence-electron chi connectivity index (χ4n) is 6.44. The average molecular weight is 631 g/mol. The molecule has 0 spiro atoms. The minimum Gasteiger partial charge on any atom is -0.396 e. The zero-order valence-electron chi connectivity index (χ0n) is 29.1. The number of hydrogen-bond acceptors (Lipinski definition) is 2. The zero-order valence-corrected chi connectivity index (χ0v) is 30.0. The van der Waals surface area contributed by atoms with Gasteiger partial charge < -0.3 is 14.9 Å². The van der Waals surface area contributed by atoms with Crippen LogP contribution >= 0.6 is 7.60 Å². The highest BCUT2D eigenvalue weighted by molar-refractivity contribution is 7.51. The van der Waals surface area contributed by atoms with Gasteiger partial charge in [0.1, 0.15) is 0 Å². The Morgan fingerprint density at radius 1 is 0.256 bits per heavy atom. The molecule has 0 radical (unpaired) electrons. The molecule has 4 nitrogen and oxygen atoms in total. The van der Waals surface area contributed by atoms with Gasteiger partial charge in [-0.3, -0.25) is 4.57 Å². The maximum atomic E-state index is 10.8. The third-order valence-electron chi connectivity index (χ3n) is 9.36. The van der Waals surface area contributed by atoms with Crippen LogP contribution < -0.4 is 0 Å². The minimum atomic E-state index is -3.77. The van der Waals surface area contributed by atoms with E-state index < -0.39 is 7.60 Å². The van der Waals surface area contributed by atoms with Gasteiger partial charge in [-0.25, -0.2) is 0 Å². The predicted molar refractivity (Wildman–Crippen MR) is 190 cm³/mol. The topological polar surface area (TPSA) is 77.8 Å². The molecule has 5 heteroatoms. The SMILES string of the molecule is O=P(O)(O)CCCCCCCCCCCCCCCCCCCCCCCCCCCCCCCCCCCCCCO. The highest BCUT2D eigenvalue weighted by Gasteiger charge is 2.10. The molecule has 0 saturated carbocycles. The molecule has 0 aromatic heterocycles. The Morgan fingerprint density at radius 3 is 0.535 bits per heavy atom. The number of rotatable bonds is 38. The Balaban J connectivity index is 3.05. The summed E-state index contributed by atoms with van der Waals surface area (Å²) in [5.41, 5.74) is 0. The number of aliphatic hydroxyl groups is 1. The molecule has 0 amide bonds. The van der Waals surface area contributed by atoms with Crippen molar-refractivity contribution < 1.29 is 19.5 Å². The van der Waals surface area contributed by atoms with Crippen molar-refractivity contribution >= 4 is 7.60 Å². The lowest BCUT2D eigenvalue weighted by molar-refractivity contribution is 0.282. The summed E-state index contributed by atoms with van der Waals surface area (Å²) >= 11 is 0. The van der Waals surface area contributed by atoms with Gasteiger partial charge in [0.25, 0.3) is 0 Å². The second-order valence-electron chi connectivity index (χ2n) is 13.8. The van der Waals surface area contributed by atoms with Crippen LogP contribution in [0.15, 0.2) is 0 Å². The van der Waals surface area contributed by atoms with Gasteiger partial charge >= 0.3 is 7.60 Å². The van der Waals surface area contributed by atoms with E-state index in [0.29, 0.717) is 13.0 Å². The predicted octanol–water partition coefficient (Wildman–Crippen LogP) is 13.2. The molecule has 0 aromatic rings. The first-order valence-electron chi connectivity index (χ1n) is 19.7. The highest BCUT2D eigenvalue weighted by Crippen LogP contribution is 2.35. The quantitative estimate of drug-likeness (QED) is 0.0468. The maximum absolute atomic E-state index is 10.8. The molecule has 3 N–H and O–H groups in total. The van der Waals surface area contributed by atoms with Gasteiger partial charge in [0.05, 0.1) is 0 Å². The summed E-state index contributed by atoms with van der Waals surface area (Å²) in [7, 11) is -3.77. The van der Waals surface area contributed by atoms with Gasteiger partial charge in [0.2, 0.25) is 0 Å². The van der Waals surface area contributed by atoms with Crippen molar-refractivity contribution in [2.75, 3.05) is 12.8 Å².